The second-order valence-electron chi connectivity index (χ2n) is 5.81. The summed E-state index contributed by atoms with van der Waals surface area (Å²) in [5.41, 5.74) is 1.81. The number of methoxy groups -OCH3 is 2. The smallest absolute Gasteiger partial charge is 0.248 e. The van der Waals surface area contributed by atoms with Gasteiger partial charge < -0.3 is 19.3 Å². The number of anilines is 1. The number of hydrogen-bond donors (Lipinski definition) is 0. The molecule has 7 nitrogen and oxygen atoms in total. The number of nitrogens with zero attached hydrogens (tertiary/aromatic N) is 4. The summed E-state index contributed by atoms with van der Waals surface area (Å²) in [6.45, 7) is 2.96. The molecule has 0 radical (unpaired) electrons. The summed E-state index contributed by atoms with van der Waals surface area (Å²) in [5.74, 6) is 1.67. The standard InChI is InChI=1S/C18H22N4O3/c1-24-13-18(23)22-11-9-21(10-12-22)17-8-7-16(19-20-17)14-3-5-15(25-2)6-4-14/h3-8H,9-13H2,1-2H3. The van der Waals surface area contributed by atoms with Crippen LogP contribution in [0.25, 0.3) is 11.3 Å². The summed E-state index contributed by atoms with van der Waals surface area (Å²) in [6, 6.07) is 11.7. The predicted molar refractivity (Wildman–Crippen MR) is 94.7 cm³/mol. The van der Waals surface area contributed by atoms with Crippen molar-refractivity contribution in [2.24, 2.45) is 0 Å². The van der Waals surface area contributed by atoms with E-state index >= 15 is 0 Å². The molecule has 2 aromatic rings. The van der Waals surface area contributed by atoms with Crippen molar-refractivity contribution in [3.05, 3.63) is 36.4 Å². The quantitative estimate of drug-likeness (QED) is 0.819. The highest BCUT2D eigenvalue weighted by Gasteiger charge is 2.21. The Balaban J connectivity index is 1.62. The lowest BCUT2D eigenvalue weighted by Gasteiger charge is -2.35. The Hall–Kier alpha value is -2.67. The van der Waals surface area contributed by atoms with Crippen LogP contribution in [-0.2, 0) is 9.53 Å². The number of hydrogen-bond acceptors (Lipinski definition) is 6. The van der Waals surface area contributed by atoms with Gasteiger partial charge in [-0.25, -0.2) is 0 Å². The highest BCUT2D eigenvalue weighted by molar-refractivity contribution is 5.77. The van der Waals surface area contributed by atoms with E-state index in [-0.39, 0.29) is 12.5 Å². The molecule has 1 fully saturated rings. The van der Waals surface area contributed by atoms with Gasteiger partial charge in [0.15, 0.2) is 5.82 Å². The molecule has 1 aromatic heterocycles. The van der Waals surface area contributed by atoms with Crippen LogP contribution in [0.4, 0.5) is 5.82 Å². The predicted octanol–water partition coefficient (Wildman–Crippen LogP) is 1.45. The molecule has 3 rings (SSSR count). The minimum Gasteiger partial charge on any atom is -0.497 e. The molecule has 0 N–H and O–H groups in total. The molecule has 0 saturated carbocycles. The first-order chi connectivity index (χ1) is 12.2. The summed E-state index contributed by atoms with van der Waals surface area (Å²) in [5, 5.41) is 8.67. The maximum Gasteiger partial charge on any atom is 0.248 e. The summed E-state index contributed by atoms with van der Waals surface area (Å²) in [6.07, 6.45) is 0. The van der Waals surface area contributed by atoms with Crippen LogP contribution < -0.4 is 9.64 Å². The van der Waals surface area contributed by atoms with Crippen molar-refractivity contribution in [3.8, 4) is 17.0 Å². The fourth-order valence-corrected chi connectivity index (χ4v) is 2.81. The Bertz CT molecular complexity index is 695. The molecule has 1 aliphatic rings. The molecule has 1 saturated heterocycles. The molecule has 1 aromatic carbocycles. The number of amides is 1. The van der Waals surface area contributed by atoms with Crippen molar-refractivity contribution in [2.75, 3.05) is 51.9 Å². The van der Waals surface area contributed by atoms with Crippen molar-refractivity contribution in [3.63, 3.8) is 0 Å². The molecule has 25 heavy (non-hydrogen) atoms. The van der Waals surface area contributed by atoms with E-state index in [0.717, 1.165) is 35.9 Å². The van der Waals surface area contributed by atoms with Crippen LogP contribution in [0.15, 0.2) is 36.4 Å². The van der Waals surface area contributed by atoms with Crippen LogP contribution in [0.5, 0.6) is 5.75 Å². The van der Waals surface area contributed by atoms with E-state index in [9.17, 15) is 4.79 Å². The lowest BCUT2D eigenvalue weighted by Crippen LogP contribution is -2.50. The lowest BCUT2D eigenvalue weighted by molar-refractivity contribution is -0.135. The first-order valence-corrected chi connectivity index (χ1v) is 8.21. The second-order valence-corrected chi connectivity index (χ2v) is 5.81. The van der Waals surface area contributed by atoms with Crippen molar-refractivity contribution in [1.82, 2.24) is 15.1 Å². The maximum atomic E-state index is 11.8. The molecular formula is C18H22N4O3. The van der Waals surface area contributed by atoms with Crippen molar-refractivity contribution >= 4 is 11.7 Å². The number of aromatic nitrogens is 2. The summed E-state index contributed by atoms with van der Waals surface area (Å²) >= 11 is 0. The van der Waals surface area contributed by atoms with Crippen molar-refractivity contribution in [2.45, 2.75) is 0 Å². The van der Waals surface area contributed by atoms with E-state index < -0.39 is 0 Å². The molecule has 1 aliphatic heterocycles. The Morgan fingerprint density at radius 1 is 1.00 bits per heavy atom. The Kier molecular flexibility index (Phi) is 5.45. The molecule has 0 atom stereocenters. The maximum absolute atomic E-state index is 11.8. The van der Waals surface area contributed by atoms with Crippen LogP contribution in [0, 0.1) is 0 Å². The van der Waals surface area contributed by atoms with E-state index in [1.807, 2.05) is 41.3 Å². The number of rotatable bonds is 5. The van der Waals surface area contributed by atoms with Gasteiger partial charge >= 0.3 is 0 Å². The second kappa shape index (κ2) is 7.94. The zero-order valence-electron chi connectivity index (χ0n) is 14.5. The molecule has 0 unspecified atom stereocenters. The van der Waals surface area contributed by atoms with E-state index in [4.69, 9.17) is 9.47 Å². The third-order valence-electron chi connectivity index (χ3n) is 4.26. The zero-order chi connectivity index (χ0) is 17.6. The van der Waals surface area contributed by atoms with E-state index in [1.165, 1.54) is 7.11 Å². The van der Waals surface area contributed by atoms with Crippen LogP contribution in [0.3, 0.4) is 0 Å². The van der Waals surface area contributed by atoms with Crippen molar-refractivity contribution < 1.29 is 14.3 Å². The molecule has 0 spiro atoms. The van der Waals surface area contributed by atoms with E-state index in [2.05, 4.69) is 15.1 Å². The summed E-state index contributed by atoms with van der Waals surface area (Å²) in [4.78, 5) is 15.8. The third-order valence-corrected chi connectivity index (χ3v) is 4.26. The van der Waals surface area contributed by atoms with Crippen LogP contribution in [0.1, 0.15) is 0 Å². The van der Waals surface area contributed by atoms with Gasteiger partial charge in [0, 0.05) is 38.9 Å². The van der Waals surface area contributed by atoms with Gasteiger partial charge in [-0.15, -0.1) is 10.2 Å². The monoisotopic (exact) mass is 342 g/mol. The van der Waals surface area contributed by atoms with Crippen LogP contribution in [-0.4, -0.2) is 68.0 Å². The number of benzene rings is 1. The fraction of sp³-hybridized carbons (Fsp3) is 0.389. The zero-order valence-corrected chi connectivity index (χ0v) is 14.5. The van der Waals surface area contributed by atoms with Gasteiger partial charge in [0.2, 0.25) is 5.91 Å². The normalized spacial score (nSPS) is 14.5. The molecular weight excluding hydrogens is 320 g/mol. The SMILES string of the molecule is COCC(=O)N1CCN(c2ccc(-c3ccc(OC)cc3)nn2)CC1. The van der Waals surface area contributed by atoms with Gasteiger partial charge in [-0.05, 0) is 36.4 Å². The molecule has 2 heterocycles. The minimum atomic E-state index is 0.0306. The van der Waals surface area contributed by atoms with Gasteiger partial charge in [-0.1, -0.05) is 0 Å². The molecule has 0 bridgehead atoms. The van der Waals surface area contributed by atoms with Gasteiger partial charge in [0.1, 0.15) is 12.4 Å². The average molecular weight is 342 g/mol. The molecule has 132 valence electrons. The van der Waals surface area contributed by atoms with Gasteiger partial charge in [-0.2, -0.15) is 0 Å². The lowest BCUT2D eigenvalue weighted by atomic mass is 10.1. The van der Waals surface area contributed by atoms with E-state index in [0.29, 0.717) is 13.1 Å². The van der Waals surface area contributed by atoms with Crippen LogP contribution >= 0.6 is 0 Å². The number of carbonyl (C=O) groups is 1. The molecule has 0 aliphatic carbocycles. The highest BCUT2D eigenvalue weighted by Crippen LogP contribution is 2.22. The minimum absolute atomic E-state index is 0.0306. The third kappa shape index (κ3) is 4.06. The van der Waals surface area contributed by atoms with Gasteiger partial charge in [0.25, 0.3) is 0 Å². The van der Waals surface area contributed by atoms with Crippen LogP contribution in [0.2, 0.25) is 0 Å². The largest absolute Gasteiger partial charge is 0.497 e. The van der Waals surface area contributed by atoms with Gasteiger partial charge in [0.05, 0.1) is 12.8 Å². The fourth-order valence-electron chi connectivity index (χ4n) is 2.81. The number of ether oxygens (including phenoxy) is 2. The Labute approximate surface area is 147 Å². The molecule has 1 amide bonds. The summed E-state index contributed by atoms with van der Waals surface area (Å²) in [7, 11) is 3.18. The van der Waals surface area contributed by atoms with Crippen molar-refractivity contribution in [1.29, 1.82) is 0 Å². The first kappa shape index (κ1) is 17.2. The first-order valence-electron chi connectivity index (χ1n) is 8.21. The Morgan fingerprint density at radius 3 is 2.28 bits per heavy atom. The van der Waals surface area contributed by atoms with Gasteiger partial charge in [-0.3, -0.25) is 4.79 Å². The topological polar surface area (TPSA) is 67.8 Å². The highest BCUT2D eigenvalue weighted by atomic mass is 16.5. The number of carbonyl (C=O) groups excluding carboxylic acids is 1. The Morgan fingerprint density at radius 2 is 1.72 bits per heavy atom. The average Bonchev–Trinajstić information content (AvgIpc) is 2.68. The van der Waals surface area contributed by atoms with E-state index in [1.54, 1.807) is 7.11 Å². The number of piperazine rings is 1. The molecule has 7 heteroatoms. The summed E-state index contributed by atoms with van der Waals surface area (Å²) < 4.78 is 10.1.